The molecule has 0 N–H and O–H groups in total. The molecule has 0 bridgehead atoms. The standard InChI is InChI=1S/C33H19NO/c1-2-9-21-19-34-30(18-20(21)8-1)29-15-7-14-27-28-17-16-26-24-12-4-3-10-22(24)23-11-5-6-13-25(23)31(26)33(28)35-32(27)29/h1-19H. The summed E-state index contributed by atoms with van der Waals surface area (Å²) < 4.78 is 6.78. The second kappa shape index (κ2) is 6.91. The van der Waals surface area contributed by atoms with Crippen molar-refractivity contribution in [1.82, 2.24) is 4.98 Å². The first-order valence-electron chi connectivity index (χ1n) is 11.9. The van der Waals surface area contributed by atoms with Crippen molar-refractivity contribution in [1.29, 1.82) is 0 Å². The minimum atomic E-state index is 0.884. The van der Waals surface area contributed by atoms with Crippen LogP contribution in [-0.4, -0.2) is 4.98 Å². The van der Waals surface area contributed by atoms with E-state index in [0.29, 0.717) is 0 Å². The molecule has 0 saturated heterocycles. The highest BCUT2D eigenvalue weighted by Gasteiger charge is 2.18. The summed E-state index contributed by atoms with van der Waals surface area (Å²) in [7, 11) is 0. The molecule has 0 aliphatic carbocycles. The van der Waals surface area contributed by atoms with E-state index in [1.165, 1.54) is 37.7 Å². The van der Waals surface area contributed by atoms with Crippen molar-refractivity contribution in [2.24, 2.45) is 0 Å². The minimum absolute atomic E-state index is 0.884. The van der Waals surface area contributed by atoms with Crippen LogP contribution in [0.25, 0.3) is 76.3 Å². The largest absolute Gasteiger partial charge is 0.455 e. The summed E-state index contributed by atoms with van der Waals surface area (Å²) >= 11 is 0. The SMILES string of the molecule is c1ccc2cc(-c3cccc4c3oc3c4ccc4c5ccccc5c5ccccc5c43)ncc2c1. The van der Waals surface area contributed by atoms with Crippen LogP contribution >= 0.6 is 0 Å². The summed E-state index contributed by atoms with van der Waals surface area (Å²) in [6.45, 7) is 0. The van der Waals surface area contributed by atoms with Gasteiger partial charge in [0, 0.05) is 33.3 Å². The molecule has 0 unspecified atom stereocenters. The van der Waals surface area contributed by atoms with Crippen LogP contribution in [0.3, 0.4) is 0 Å². The molecular weight excluding hydrogens is 426 g/mol. The van der Waals surface area contributed by atoms with Crippen LogP contribution in [0.5, 0.6) is 0 Å². The maximum Gasteiger partial charge on any atom is 0.144 e. The van der Waals surface area contributed by atoms with E-state index >= 15 is 0 Å². The highest BCUT2D eigenvalue weighted by atomic mass is 16.3. The molecule has 0 fully saturated rings. The number of furan rings is 1. The lowest BCUT2D eigenvalue weighted by atomic mass is 9.93. The van der Waals surface area contributed by atoms with Gasteiger partial charge < -0.3 is 4.42 Å². The highest BCUT2D eigenvalue weighted by molar-refractivity contribution is 6.32. The molecule has 0 spiro atoms. The van der Waals surface area contributed by atoms with Crippen LogP contribution in [-0.2, 0) is 0 Å². The van der Waals surface area contributed by atoms with Gasteiger partial charge in [0.1, 0.15) is 11.2 Å². The molecule has 8 rings (SSSR count). The number of nitrogens with zero attached hydrogens (tertiary/aromatic N) is 1. The van der Waals surface area contributed by atoms with Crippen LogP contribution in [0.1, 0.15) is 0 Å². The Hall–Kier alpha value is -4.69. The molecule has 0 aliphatic heterocycles. The van der Waals surface area contributed by atoms with Crippen molar-refractivity contribution >= 4 is 65.0 Å². The van der Waals surface area contributed by atoms with E-state index in [1.807, 2.05) is 12.3 Å². The van der Waals surface area contributed by atoms with Crippen molar-refractivity contribution < 1.29 is 4.42 Å². The van der Waals surface area contributed by atoms with E-state index in [1.54, 1.807) is 0 Å². The number of fused-ring (bicyclic) bond motifs is 11. The Morgan fingerprint density at radius 2 is 1.03 bits per heavy atom. The van der Waals surface area contributed by atoms with Gasteiger partial charge in [0.2, 0.25) is 0 Å². The van der Waals surface area contributed by atoms with E-state index in [-0.39, 0.29) is 0 Å². The number of benzene rings is 6. The summed E-state index contributed by atoms with van der Waals surface area (Å²) in [6, 6.07) is 38.6. The van der Waals surface area contributed by atoms with E-state index in [9.17, 15) is 0 Å². The molecule has 2 heteroatoms. The van der Waals surface area contributed by atoms with Crippen LogP contribution in [0, 0.1) is 0 Å². The Kier molecular flexibility index (Phi) is 3.69. The minimum Gasteiger partial charge on any atom is -0.455 e. The Bertz CT molecular complexity index is 2080. The van der Waals surface area contributed by atoms with Gasteiger partial charge >= 0.3 is 0 Å². The van der Waals surface area contributed by atoms with Crippen LogP contribution < -0.4 is 0 Å². The molecule has 0 atom stereocenters. The quantitative estimate of drug-likeness (QED) is 0.235. The van der Waals surface area contributed by atoms with Gasteiger partial charge in [0.25, 0.3) is 0 Å². The lowest BCUT2D eigenvalue weighted by Gasteiger charge is -2.10. The zero-order valence-corrected chi connectivity index (χ0v) is 18.8. The smallest absolute Gasteiger partial charge is 0.144 e. The molecule has 162 valence electrons. The molecular formula is C33H19NO. The molecule has 0 aliphatic rings. The summed E-state index contributed by atoms with van der Waals surface area (Å²) in [5.41, 5.74) is 3.76. The third kappa shape index (κ3) is 2.57. The van der Waals surface area contributed by atoms with Crippen molar-refractivity contribution in [2.75, 3.05) is 0 Å². The molecule has 8 aromatic rings. The maximum atomic E-state index is 6.78. The first-order chi connectivity index (χ1) is 17.4. The van der Waals surface area contributed by atoms with Crippen molar-refractivity contribution in [3.63, 3.8) is 0 Å². The van der Waals surface area contributed by atoms with Crippen molar-refractivity contribution in [3.05, 3.63) is 115 Å². The molecule has 0 radical (unpaired) electrons. The van der Waals surface area contributed by atoms with Gasteiger partial charge in [0.05, 0.1) is 5.69 Å². The van der Waals surface area contributed by atoms with Gasteiger partial charge in [-0.2, -0.15) is 0 Å². The average Bonchev–Trinajstić information content (AvgIpc) is 3.32. The van der Waals surface area contributed by atoms with Gasteiger partial charge in [0.15, 0.2) is 0 Å². The zero-order valence-electron chi connectivity index (χ0n) is 18.8. The van der Waals surface area contributed by atoms with Gasteiger partial charge in [-0.05, 0) is 50.5 Å². The number of rotatable bonds is 1. The van der Waals surface area contributed by atoms with Gasteiger partial charge in [-0.3, -0.25) is 4.98 Å². The highest BCUT2D eigenvalue weighted by Crippen LogP contribution is 2.43. The van der Waals surface area contributed by atoms with E-state index in [2.05, 4.69) is 103 Å². The molecule has 2 nitrogen and oxygen atoms in total. The van der Waals surface area contributed by atoms with Crippen LogP contribution in [0.4, 0.5) is 0 Å². The summed E-state index contributed by atoms with van der Waals surface area (Å²) in [5.74, 6) is 0. The van der Waals surface area contributed by atoms with E-state index in [4.69, 9.17) is 9.40 Å². The lowest BCUT2D eigenvalue weighted by Crippen LogP contribution is -1.84. The van der Waals surface area contributed by atoms with Crippen LogP contribution in [0.2, 0.25) is 0 Å². The number of para-hydroxylation sites is 1. The van der Waals surface area contributed by atoms with E-state index in [0.717, 1.165) is 38.6 Å². The lowest BCUT2D eigenvalue weighted by molar-refractivity contribution is 0.674. The second-order valence-electron chi connectivity index (χ2n) is 9.16. The molecule has 6 aromatic carbocycles. The first kappa shape index (κ1) is 18.7. The summed E-state index contributed by atoms with van der Waals surface area (Å²) in [6.07, 6.45) is 1.95. The Balaban J connectivity index is 1.53. The normalized spacial score (nSPS) is 12.0. The monoisotopic (exact) mass is 445 g/mol. The molecule has 2 heterocycles. The summed E-state index contributed by atoms with van der Waals surface area (Å²) in [5, 5.41) is 11.9. The fraction of sp³-hybridized carbons (Fsp3) is 0. The number of hydrogen-bond acceptors (Lipinski definition) is 2. The molecule has 2 aromatic heterocycles. The predicted octanol–water partition coefficient (Wildman–Crippen LogP) is 9.26. The average molecular weight is 446 g/mol. The summed E-state index contributed by atoms with van der Waals surface area (Å²) in [4.78, 5) is 4.79. The second-order valence-corrected chi connectivity index (χ2v) is 9.16. The van der Waals surface area contributed by atoms with Gasteiger partial charge in [-0.25, -0.2) is 0 Å². The zero-order chi connectivity index (χ0) is 22.9. The van der Waals surface area contributed by atoms with Gasteiger partial charge in [-0.15, -0.1) is 0 Å². The van der Waals surface area contributed by atoms with Gasteiger partial charge in [-0.1, -0.05) is 91.0 Å². The predicted molar refractivity (Wildman–Crippen MR) is 147 cm³/mol. The fourth-order valence-electron chi connectivity index (χ4n) is 5.68. The number of pyridine rings is 1. The van der Waals surface area contributed by atoms with Crippen molar-refractivity contribution in [3.8, 4) is 11.3 Å². The van der Waals surface area contributed by atoms with E-state index < -0.39 is 0 Å². The number of hydrogen-bond donors (Lipinski definition) is 0. The fourth-order valence-corrected chi connectivity index (χ4v) is 5.68. The first-order valence-corrected chi connectivity index (χ1v) is 11.9. The third-order valence-electron chi connectivity index (χ3n) is 7.28. The van der Waals surface area contributed by atoms with Crippen LogP contribution in [0.15, 0.2) is 120 Å². The Morgan fingerprint density at radius 1 is 0.457 bits per heavy atom. The molecule has 0 amide bonds. The third-order valence-corrected chi connectivity index (χ3v) is 7.28. The molecule has 35 heavy (non-hydrogen) atoms. The van der Waals surface area contributed by atoms with Crippen molar-refractivity contribution in [2.45, 2.75) is 0 Å². The number of aromatic nitrogens is 1. The molecule has 0 saturated carbocycles. The topological polar surface area (TPSA) is 26.0 Å². The Morgan fingerprint density at radius 3 is 1.83 bits per heavy atom. The maximum absolute atomic E-state index is 6.78. The Labute approximate surface area is 201 Å².